The van der Waals surface area contributed by atoms with Gasteiger partial charge in [0.05, 0.1) is 7.11 Å². The lowest BCUT2D eigenvalue weighted by Gasteiger charge is -2.18. The third-order valence-electron chi connectivity index (χ3n) is 4.80. The van der Waals surface area contributed by atoms with Gasteiger partial charge in [-0.25, -0.2) is 0 Å². The molecule has 1 aliphatic heterocycles. The van der Waals surface area contributed by atoms with Crippen molar-refractivity contribution in [2.45, 2.75) is 18.8 Å². The first-order valence-corrected chi connectivity index (χ1v) is 9.17. The average Bonchev–Trinajstić information content (AvgIpc) is 3.14. The lowest BCUT2D eigenvalue weighted by Crippen LogP contribution is -2.27. The van der Waals surface area contributed by atoms with E-state index in [2.05, 4.69) is 10.5 Å². The van der Waals surface area contributed by atoms with Gasteiger partial charge >= 0.3 is 0 Å². The number of ether oxygens (including phenoxy) is 2. The number of nitrogens with zero attached hydrogens (tertiary/aromatic N) is 1. The van der Waals surface area contributed by atoms with Gasteiger partial charge in [-0.3, -0.25) is 5.43 Å². The predicted octanol–water partition coefficient (Wildman–Crippen LogP) is 3.68. The molecule has 28 heavy (non-hydrogen) atoms. The Morgan fingerprint density at radius 3 is 2.39 bits per heavy atom. The first-order chi connectivity index (χ1) is 13.8. The summed E-state index contributed by atoms with van der Waals surface area (Å²) in [5, 5.41) is 15.3. The molecule has 0 saturated carbocycles. The molecule has 0 unspecified atom stereocenters. The van der Waals surface area contributed by atoms with Crippen LogP contribution in [0, 0.1) is 0 Å². The van der Waals surface area contributed by atoms with Crippen LogP contribution >= 0.6 is 0 Å². The minimum absolute atomic E-state index is 0.317. The molecule has 0 amide bonds. The van der Waals surface area contributed by atoms with Crippen LogP contribution in [0.2, 0.25) is 0 Å². The normalized spacial score (nSPS) is 18.3. The number of rotatable bonds is 6. The molecule has 1 heterocycles. The molecule has 2 N–H and O–H groups in total. The monoisotopic (exact) mass is 374 g/mol. The van der Waals surface area contributed by atoms with Crippen LogP contribution in [0.1, 0.15) is 22.7 Å². The molecule has 5 nitrogen and oxygen atoms in total. The lowest BCUT2D eigenvalue weighted by molar-refractivity contribution is 0.206. The Labute approximate surface area is 164 Å². The second-order valence-electron chi connectivity index (χ2n) is 6.59. The number of nitrogens with one attached hydrogen (secondary N) is 1. The molecule has 0 fully saturated rings. The third-order valence-corrected chi connectivity index (χ3v) is 4.80. The number of aliphatic hydroxyl groups is 1. The third kappa shape index (κ3) is 3.70. The molecule has 0 spiro atoms. The van der Waals surface area contributed by atoms with Crippen molar-refractivity contribution in [3.05, 3.63) is 95.6 Å². The second kappa shape index (κ2) is 8.15. The first kappa shape index (κ1) is 18.1. The highest BCUT2D eigenvalue weighted by molar-refractivity contribution is 6.07. The number of hydrogen-bond donors (Lipinski definition) is 2. The highest BCUT2D eigenvalue weighted by atomic mass is 16.5. The van der Waals surface area contributed by atoms with Crippen molar-refractivity contribution >= 4 is 5.71 Å². The van der Waals surface area contributed by atoms with Gasteiger partial charge in [-0.1, -0.05) is 54.6 Å². The molecule has 5 heteroatoms. The number of methoxy groups -OCH3 is 1. The van der Waals surface area contributed by atoms with Crippen molar-refractivity contribution in [1.29, 1.82) is 0 Å². The van der Waals surface area contributed by atoms with Crippen LogP contribution in [0.25, 0.3) is 0 Å². The highest BCUT2D eigenvalue weighted by Gasteiger charge is 2.33. The average molecular weight is 374 g/mol. The molecule has 1 aliphatic rings. The van der Waals surface area contributed by atoms with Crippen LogP contribution in [-0.4, -0.2) is 24.0 Å². The fourth-order valence-corrected chi connectivity index (χ4v) is 3.26. The molecular weight excluding hydrogens is 352 g/mol. The van der Waals surface area contributed by atoms with E-state index in [1.165, 1.54) is 0 Å². The van der Waals surface area contributed by atoms with Gasteiger partial charge in [0.1, 0.15) is 36.0 Å². The molecule has 142 valence electrons. The number of aliphatic hydroxyl groups excluding tert-OH is 1. The summed E-state index contributed by atoms with van der Waals surface area (Å²) >= 11 is 0. The zero-order valence-electron chi connectivity index (χ0n) is 15.6. The maximum Gasteiger partial charge on any atom is 0.129 e. The summed E-state index contributed by atoms with van der Waals surface area (Å²) in [7, 11) is 1.63. The van der Waals surface area contributed by atoms with Crippen LogP contribution in [0.3, 0.4) is 0 Å². The number of benzene rings is 3. The molecule has 4 rings (SSSR count). The van der Waals surface area contributed by atoms with E-state index in [0.29, 0.717) is 18.1 Å². The van der Waals surface area contributed by atoms with Crippen molar-refractivity contribution in [3.63, 3.8) is 0 Å². The fourth-order valence-electron chi connectivity index (χ4n) is 3.26. The van der Waals surface area contributed by atoms with E-state index in [4.69, 9.17) is 9.47 Å². The summed E-state index contributed by atoms with van der Waals surface area (Å²) in [6, 6.07) is 24.9. The topological polar surface area (TPSA) is 63.1 Å². The van der Waals surface area contributed by atoms with E-state index in [-0.39, 0.29) is 6.04 Å². The molecule has 0 radical (unpaired) electrons. The van der Waals surface area contributed by atoms with Gasteiger partial charge < -0.3 is 14.6 Å². The van der Waals surface area contributed by atoms with Crippen molar-refractivity contribution in [2.24, 2.45) is 5.10 Å². The van der Waals surface area contributed by atoms with Crippen LogP contribution in [0.15, 0.2) is 84.0 Å². The maximum atomic E-state index is 10.9. The molecule has 0 aliphatic carbocycles. The van der Waals surface area contributed by atoms with Crippen LogP contribution in [0.4, 0.5) is 0 Å². The van der Waals surface area contributed by atoms with Gasteiger partial charge in [0.15, 0.2) is 0 Å². The first-order valence-electron chi connectivity index (χ1n) is 9.17. The van der Waals surface area contributed by atoms with Crippen LogP contribution < -0.4 is 14.9 Å². The predicted molar refractivity (Wildman–Crippen MR) is 109 cm³/mol. The molecule has 2 atom stereocenters. The van der Waals surface area contributed by atoms with Gasteiger partial charge in [0.2, 0.25) is 0 Å². The SMILES string of the molecule is COc1ccc([C@H]2NN=C(c3ccccc3OCc3ccccc3)[C@@H]2O)cc1. The summed E-state index contributed by atoms with van der Waals surface area (Å²) < 4.78 is 11.2. The smallest absolute Gasteiger partial charge is 0.129 e. The number of hydrogen-bond acceptors (Lipinski definition) is 5. The Morgan fingerprint density at radius 1 is 0.929 bits per heavy atom. The molecule has 0 aromatic heterocycles. The van der Waals surface area contributed by atoms with Crippen LogP contribution in [0.5, 0.6) is 11.5 Å². The van der Waals surface area contributed by atoms with E-state index >= 15 is 0 Å². The van der Waals surface area contributed by atoms with E-state index < -0.39 is 6.10 Å². The Kier molecular flexibility index (Phi) is 5.26. The van der Waals surface area contributed by atoms with Crippen molar-refractivity contribution in [3.8, 4) is 11.5 Å². The highest BCUT2D eigenvalue weighted by Crippen LogP contribution is 2.30. The van der Waals surface area contributed by atoms with Crippen molar-refractivity contribution in [1.82, 2.24) is 5.43 Å². The fraction of sp³-hybridized carbons (Fsp3) is 0.174. The summed E-state index contributed by atoms with van der Waals surface area (Å²) in [4.78, 5) is 0. The van der Waals surface area contributed by atoms with Gasteiger partial charge in [0, 0.05) is 5.56 Å². The Bertz CT molecular complexity index is 955. The molecule has 0 saturated heterocycles. The lowest BCUT2D eigenvalue weighted by atomic mass is 9.95. The van der Waals surface area contributed by atoms with Crippen molar-refractivity contribution in [2.75, 3.05) is 7.11 Å². The molecular formula is C23H22N2O3. The van der Waals surface area contributed by atoms with Gasteiger partial charge in [-0.2, -0.15) is 5.10 Å². The standard InChI is InChI=1S/C23H22N2O3/c1-27-18-13-11-17(12-14-18)21-23(26)22(25-24-21)19-9-5-6-10-20(19)28-15-16-7-3-2-4-8-16/h2-14,21,23-24,26H,15H2,1H3/t21-,23-/m1/s1. The zero-order valence-corrected chi connectivity index (χ0v) is 15.6. The van der Waals surface area contributed by atoms with E-state index in [0.717, 1.165) is 22.4 Å². The maximum absolute atomic E-state index is 10.9. The summed E-state index contributed by atoms with van der Waals surface area (Å²) in [6.45, 7) is 0.455. The van der Waals surface area contributed by atoms with Gasteiger partial charge in [-0.15, -0.1) is 0 Å². The van der Waals surface area contributed by atoms with Crippen molar-refractivity contribution < 1.29 is 14.6 Å². The summed E-state index contributed by atoms with van der Waals surface area (Å²) in [5.41, 5.74) is 6.43. The Balaban J connectivity index is 1.52. The quantitative estimate of drug-likeness (QED) is 0.691. The van der Waals surface area contributed by atoms with Crippen LogP contribution in [-0.2, 0) is 6.61 Å². The minimum atomic E-state index is -0.783. The van der Waals surface area contributed by atoms with E-state index in [9.17, 15) is 5.11 Å². The molecule has 0 bridgehead atoms. The van der Waals surface area contributed by atoms with Gasteiger partial charge in [-0.05, 0) is 35.4 Å². The molecule has 3 aromatic rings. The summed E-state index contributed by atoms with van der Waals surface area (Å²) in [5.74, 6) is 1.47. The summed E-state index contributed by atoms with van der Waals surface area (Å²) in [6.07, 6.45) is -0.783. The van der Waals surface area contributed by atoms with E-state index in [1.54, 1.807) is 7.11 Å². The molecule has 3 aromatic carbocycles. The zero-order chi connectivity index (χ0) is 19.3. The Hall–Kier alpha value is -3.31. The second-order valence-corrected chi connectivity index (χ2v) is 6.59. The number of para-hydroxylation sites is 1. The van der Waals surface area contributed by atoms with Gasteiger partial charge in [0.25, 0.3) is 0 Å². The minimum Gasteiger partial charge on any atom is -0.497 e. The Morgan fingerprint density at radius 2 is 1.64 bits per heavy atom. The number of hydrazone groups is 1. The largest absolute Gasteiger partial charge is 0.497 e. The van der Waals surface area contributed by atoms with E-state index in [1.807, 2.05) is 78.9 Å².